The number of amides is 3. The Morgan fingerprint density at radius 2 is 1.59 bits per heavy atom. The number of phenolic OH excluding ortho intramolecular Hbond substituents is 1. The third-order valence-corrected chi connectivity index (χ3v) is 7.82. The monoisotopic (exact) mass is 636 g/mol. The van der Waals surface area contributed by atoms with Gasteiger partial charge in [0, 0.05) is 36.5 Å². The molecule has 1 aromatic heterocycles. The summed E-state index contributed by atoms with van der Waals surface area (Å²) < 4.78 is 0. The lowest BCUT2D eigenvalue weighted by Gasteiger charge is -2.28. The number of para-hydroxylation sites is 1. The second kappa shape index (κ2) is 16.8. The number of guanidine groups is 1. The van der Waals surface area contributed by atoms with Crippen LogP contribution in [0.1, 0.15) is 44.2 Å². The molecule has 0 saturated carbocycles. The van der Waals surface area contributed by atoms with E-state index in [2.05, 4.69) is 25.9 Å². The Balaban J connectivity index is 1.77. The van der Waals surface area contributed by atoms with Crippen molar-refractivity contribution in [1.29, 1.82) is 0 Å². The number of nitrogens with two attached hydrogens (primary N) is 3. The van der Waals surface area contributed by atoms with Gasteiger partial charge in [0.2, 0.25) is 17.7 Å². The predicted octanol–water partition coefficient (Wildman–Crippen LogP) is 0.625. The lowest BCUT2D eigenvalue weighted by molar-refractivity contribution is -0.142. The summed E-state index contributed by atoms with van der Waals surface area (Å²) in [5.41, 5.74) is 18.9. The van der Waals surface area contributed by atoms with E-state index in [0.29, 0.717) is 18.4 Å². The molecule has 3 aromatic rings. The van der Waals surface area contributed by atoms with Gasteiger partial charge in [-0.2, -0.15) is 0 Å². The highest BCUT2D eigenvalue weighted by atomic mass is 16.4. The normalized spacial score (nSPS) is 14.3. The Labute approximate surface area is 267 Å². The first-order chi connectivity index (χ1) is 21.9. The number of carboxylic acids is 1. The number of aromatic hydroxyl groups is 1. The van der Waals surface area contributed by atoms with Crippen molar-refractivity contribution in [2.75, 3.05) is 6.54 Å². The van der Waals surface area contributed by atoms with Crippen molar-refractivity contribution in [2.45, 2.75) is 70.1 Å². The molecule has 46 heavy (non-hydrogen) atoms. The predicted molar refractivity (Wildman–Crippen MR) is 175 cm³/mol. The van der Waals surface area contributed by atoms with Crippen LogP contribution in [0.25, 0.3) is 10.9 Å². The molecule has 2 aromatic carbocycles. The maximum Gasteiger partial charge on any atom is 0.326 e. The molecule has 14 nitrogen and oxygen atoms in total. The second-order valence-electron chi connectivity index (χ2n) is 11.3. The minimum atomic E-state index is -1.26. The van der Waals surface area contributed by atoms with E-state index >= 15 is 0 Å². The zero-order chi connectivity index (χ0) is 33.8. The molecule has 248 valence electrons. The largest absolute Gasteiger partial charge is 0.508 e. The van der Waals surface area contributed by atoms with E-state index in [4.69, 9.17) is 17.2 Å². The third kappa shape index (κ3) is 10.2. The van der Waals surface area contributed by atoms with Crippen molar-refractivity contribution in [3.63, 3.8) is 0 Å². The Morgan fingerprint density at radius 3 is 2.24 bits per heavy atom. The molecule has 0 aliphatic rings. The molecule has 12 N–H and O–H groups in total. The number of carbonyl (C=O) groups is 4. The number of fused-ring (bicyclic) bond motifs is 1. The summed E-state index contributed by atoms with van der Waals surface area (Å²) in [6.07, 6.45) is 2.94. The van der Waals surface area contributed by atoms with Crippen LogP contribution in [0.5, 0.6) is 5.75 Å². The van der Waals surface area contributed by atoms with Crippen LogP contribution in [0.4, 0.5) is 0 Å². The first kappa shape index (κ1) is 35.4. The number of hydrogen-bond donors (Lipinski definition) is 9. The molecule has 0 aliphatic heterocycles. The van der Waals surface area contributed by atoms with Gasteiger partial charge in [-0.25, -0.2) is 4.79 Å². The number of nitrogens with zero attached hydrogens (tertiary/aromatic N) is 1. The zero-order valence-electron chi connectivity index (χ0n) is 26.0. The molecular weight excluding hydrogens is 592 g/mol. The van der Waals surface area contributed by atoms with E-state index in [1.165, 1.54) is 12.1 Å². The van der Waals surface area contributed by atoms with Crippen molar-refractivity contribution in [1.82, 2.24) is 20.9 Å². The van der Waals surface area contributed by atoms with Crippen LogP contribution < -0.4 is 33.2 Å². The van der Waals surface area contributed by atoms with E-state index in [1.807, 2.05) is 31.2 Å². The summed E-state index contributed by atoms with van der Waals surface area (Å²) in [6.45, 7) is 3.89. The Morgan fingerprint density at radius 1 is 0.913 bits per heavy atom. The number of carbonyl (C=O) groups excluding carboxylic acids is 3. The fraction of sp³-hybridized carbons (Fsp3) is 0.406. The number of phenols is 1. The third-order valence-electron chi connectivity index (χ3n) is 7.82. The number of aromatic amines is 1. The molecule has 5 atom stereocenters. The number of benzene rings is 2. The van der Waals surface area contributed by atoms with Crippen LogP contribution in [0, 0.1) is 5.92 Å². The van der Waals surface area contributed by atoms with Crippen LogP contribution in [-0.2, 0) is 32.0 Å². The number of aliphatic carboxylic acids is 1. The van der Waals surface area contributed by atoms with Gasteiger partial charge in [0.15, 0.2) is 5.96 Å². The summed E-state index contributed by atoms with van der Waals surface area (Å²) in [5.74, 6) is -3.55. The molecule has 0 fully saturated rings. The quantitative estimate of drug-likeness (QED) is 0.0571. The van der Waals surface area contributed by atoms with Gasteiger partial charge in [-0.3, -0.25) is 19.4 Å². The summed E-state index contributed by atoms with van der Waals surface area (Å²) in [6, 6.07) is 9.10. The molecule has 3 amide bonds. The van der Waals surface area contributed by atoms with Crippen molar-refractivity contribution in [2.24, 2.45) is 28.1 Å². The van der Waals surface area contributed by atoms with Crippen molar-refractivity contribution >= 4 is 40.6 Å². The van der Waals surface area contributed by atoms with Gasteiger partial charge in [0.25, 0.3) is 0 Å². The fourth-order valence-electron chi connectivity index (χ4n) is 4.94. The number of nitrogens with one attached hydrogen (secondary N) is 4. The summed E-state index contributed by atoms with van der Waals surface area (Å²) >= 11 is 0. The van der Waals surface area contributed by atoms with Gasteiger partial charge in [0.05, 0.1) is 6.04 Å². The van der Waals surface area contributed by atoms with E-state index in [9.17, 15) is 29.4 Å². The average molecular weight is 637 g/mol. The highest BCUT2D eigenvalue weighted by Gasteiger charge is 2.33. The second-order valence-corrected chi connectivity index (χ2v) is 11.3. The summed E-state index contributed by atoms with van der Waals surface area (Å²) in [4.78, 5) is 59.5. The molecule has 3 rings (SSSR count). The van der Waals surface area contributed by atoms with Gasteiger partial charge < -0.3 is 48.3 Å². The van der Waals surface area contributed by atoms with Crippen molar-refractivity contribution in [3.05, 3.63) is 65.9 Å². The molecule has 0 spiro atoms. The number of H-pyrrole nitrogens is 1. The molecule has 1 heterocycles. The number of rotatable bonds is 17. The smallest absolute Gasteiger partial charge is 0.326 e. The number of hydrogen-bond acceptors (Lipinski definition) is 7. The summed E-state index contributed by atoms with van der Waals surface area (Å²) in [7, 11) is 0. The van der Waals surface area contributed by atoms with Gasteiger partial charge in [-0.15, -0.1) is 0 Å². The molecular formula is C32H44N8O6. The molecule has 0 radical (unpaired) electrons. The highest BCUT2D eigenvalue weighted by molar-refractivity contribution is 5.94. The fourth-order valence-corrected chi connectivity index (χ4v) is 4.94. The van der Waals surface area contributed by atoms with Crippen LogP contribution in [0.3, 0.4) is 0 Å². The van der Waals surface area contributed by atoms with E-state index < -0.39 is 47.9 Å². The Hall–Kier alpha value is -5.11. The van der Waals surface area contributed by atoms with Gasteiger partial charge >= 0.3 is 5.97 Å². The number of carboxylic acid groups (broad SMARTS) is 1. The SMILES string of the molecule is CCC(C)C(NC(=O)C(Cc1ccc(O)cc1)NC(=O)C(N)CCCN=C(N)N)C(=O)NC(Cc1c[nH]c2ccccc12)C(=O)O. The minimum absolute atomic E-state index is 0.0207. The number of aliphatic imine (C=N–C) groups is 1. The molecule has 0 aliphatic carbocycles. The van der Waals surface area contributed by atoms with E-state index in [-0.39, 0.29) is 43.4 Å². The average Bonchev–Trinajstić information content (AvgIpc) is 3.44. The van der Waals surface area contributed by atoms with Gasteiger partial charge in [-0.1, -0.05) is 50.6 Å². The molecule has 14 heteroatoms. The highest BCUT2D eigenvalue weighted by Crippen LogP contribution is 2.20. The lowest BCUT2D eigenvalue weighted by Crippen LogP contribution is -2.59. The van der Waals surface area contributed by atoms with Crippen molar-refractivity contribution in [3.8, 4) is 5.75 Å². The molecule has 0 bridgehead atoms. The Kier molecular flexibility index (Phi) is 12.9. The van der Waals surface area contributed by atoms with Crippen LogP contribution in [0.15, 0.2) is 59.7 Å². The van der Waals surface area contributed by atoms with Gasteiger partial charge in [-0.05, 0) is 48.1 Å². The Bertz CT molecular complexity index is 1520. The van der Waals surface area contributed by atoms with Crippen LogP contribution >= 0.6 is 0 Å². The summed E-state index contributed by atoms with van der Waals surface area (Å²) in [5, 5.41) is 28.5. The van der Waals surface area contributed by atoms with Gasteiger partial charge in [0.1, 0.15) is 23.9 Å². The van der Waals surface area contributed by atoms with E-state index in [0.717, 1.165) is 16.5 Å². The topological polar surface area (TPSA) is 251 Å². The molecule has 5 unspecified atom stereocenters. The van der Waals surface area contributed by atoms with Crippen LogP contribution in [-0.4, -0.2) is 75.6 Å². The maximum absolute atomic E-state index is 13.7. The zero-order valence-corrected chi connectivity index (χ0v) is 26.0. The maximum atomic E-state index is 13.7. The standard InChI is InChI=1S/C32H44N8O6/c1-3-18(2)27(30(44)39-26(31(45)46)16-20-17-37-24-9-5-4-7-22(20)24)40-29(43)25(15-19-10-12-21(41)13-11-19)38-28(42)23(33)8-6-14-36-32(34)35/h4-5,7,9-13,17-18,23,25-27,37,41H,3,6,8,14-16,33H2,1-2H3,(H,38,42)(H,39,44)(H,40,43)(H,45,46)(H4,34,35,36). The minimum Gasteiger partial charge on any atom is -0.508 e. The first-order valence-electron chi connectivity index (χ1n) is 15.2. The first-order valence-corrected chi connectivity index (χ1v) is 15.2. The lowest BCUT2D eigenvalue weighted by atomic mass is 9.96. The number of aromatic nitrogens is 1. The van der Waals surface area contributed by atoms with Crippen molar-refractivity contribution < 1.29 is 29.4 Å². The molecule has 0 saturated heterocycles. The van der Waals surface area contributed by atoms with Crippen LogP contribution in [0.2, 0.25) is 0 Å². The van der Waals surface area contributed by atoms with E-state index in [1.54, 1.807) is 25.3 Å².